The quantitative estimate of drug-likeness (QED) is 0.727. The van der Waals surface area contributed by atoms with Crippen molar-refractivity contribution in [3.8, 4) is 0 Å². The molecule has 2 heteroatoms. The third-order valence-electron chi connectivity index (χ3n) is 2.40. The van der Waals surface area contributed by atoms with E-state index in [0.717, 1.165) is 24.3 Å². The maximum Gasteiger partial charge on any atom is 0.141 e. The zero-order valence-electron chi connectivity index (χ0n) is 9.55. The van der Waals surface area contributed by atoms with Crippen LogP contribution in [-0.4, -0.2) is 5.16 Å². The van der Waals surface area contributed by atoms with Gasteiger partial charge in [-0.05, 0) is 32.3 Å². The summed E-state index contributed by atoms with van der Waals surface area (Å²) in [6.45, 7) is 8.40. The molecule has 0 atom stereocenters. The average molecular weight is 193 g/mol. The van der Waals surface area contributed by atoms with E-state index in [1.165, 1.54) is 17.6 Å². The zero-order valence-corrected chi connectivity index (χ0v) is 9.55. The fourth-order valence-electron chi connectivity index (χ4n) is 1.63. The lowest BCUT2D eigenvalue weighted by Crippen LogP contribution is -1.88. The van der Waals surface area contributed by atoms with E-state index >= 15 is 0 Å². The van der Waals surface area contributed by atoms with Crippen LogP contribution < -0.4 is 0 Å². The second-order valence-corrected chi connectivity index (χ2v) is 3.59. The maximum atomic E-state index is 5.20. The molecular formula is C12H19NO. The Morgan fingerprint density at radius 2 is 2.14 bits per heavy atom. The molecule has 0 bridgehead atoms. The average Bonchev–Trinajstić information content (AvgIpc) is 2.56. The van der Waals surface area contributed by atoms with Crippen LogP contribution in [0.3, 0.4) is 0 Å². The lowest BCUT2D eigenvalue weighted by molar-refractivity contribution is 0.391. The number of nitrogens with zero attached hydrogens (tertiary/aromatic N) is 1. The summed E-state index contributed by atoms with van der Waals surface area (Å²) >= 11 is 0. The topological polar surface area (TPSA) is 26.0 Å². The Labute approximate surface area is 86.0 Å². The first-order chi connectivity index (χ1) is 6.70. The number of allylic oxidation sites excluding steroid dienone is 2. The summed E-state index contributed by atoms with van der Waals surface area (Å²) in [5.74, 6) is 0.937. The molecule has 0 amide bonds. The molecule has 0 spiro atoms. The van der Waals surface area contributed by atoms with Gasteiger partial charge >= 0.3 is 0 Å². The van der Waals surface area contributed by atoms with Gasteiger partial charge in [-0.15, -0.1) is 0 Å². The van der Waals surface area contributed by atoms with Crippen LogP contribution in [0.2, 0.25) is 0 Å². The molecule has 0 aliphatic rings. The molecule has 0 aliphatic carbocycles. The van der Waals surface area contributed by atoms with Crippen LogP contribution in [-0.2, 0) is 6.42 Å². The highest BCUT2D eigenvalue weighted by atomic mass is 16.5. The van der Waals surface area contributed by atoms with E-state index < -0.39 is 0 Å². The van der Waals surface area contributed by atoms with E-state index in [9.17, 15) is 0 Å². The monoisotopic (exact) mass is 193 g/mol. The molecule has 1 heterocycles. The smallest absolute Gasteiger partial charge is 0.141 e. The van der Waals surface area contributed by atoms with Crippen molar-refractivity contribution in [1.29, 1.82) is 0 Å². The number of hydrogen-bond acceptors (Lipinski definition) is 2. The van der Waals surface area contributed by atoms with Crippen molar-refractivity contribution >= 4 is 5.57 Å². The van der Waals surface area contributed by atoms with E-state index in [2.05, 4.69) is 32.0 Å². The number of aryl methyl sites for hydroxylation is 2. The maximum absolute atomic E-state index is 5.20. The summed E-state index contributed by atoms with van der Waals surface area (Å²) in [6, 6.07) is 0. The fourth-order valence-corrected chi connectivity index (χ4v) is 1.63. The Morgan fingerprint density at radius 3 is 2.71 bits per heavy atom. The molecule has 14 heavy (non-hydrogen) atoms. The standard InChI is InChI=1S/C12H19NO/c1-5-7-8-9(3)12-10(4)14-13-11(12)6-2/h8H,5-7H2,1-4H3/b9-8-. The molecule has 1 rings (SSSR count). The zero-order chi connectivity index (χ0) is 10.6. The van der Waals surface area contributed by atoms with Gasteiger partial charge in [0.1, 0.15) is 5.76 Å². The summed E-state index contributed by atoms with van der Waals surface area (Å²) < 4.78 is 5.20. The Kier molecular flexibility index (Phi) is 3.93. The highest BCUT2D eigenvalue weighted by molar-refractivity contribution is 5.66. The number of unbranched alkanes of at least 4 members (excludes halogenated alkanes) is 1. The fraction of sp³-hybridized carbons (Fsp3) is 0.583. The van der Waals surface area contributed by atoms with Gasteiger partial charge < -0.3 is 4.52 Å². The number of aromatic nitrogens is 1. The molecule has 0 unspecified atom stereocenters. The molecule has 2 nitrogen and oxygen atoms in total. The van der Waals surface area contributed by atoms with Crippen molar-refractivity contribution in [2.24, 2.45) is 0 Å². The van der Waals surface area contributed by atoms with Crippen LogP contribution in [0.5, 0.6) is 0 Å². The summed E-state index contributed by atoms with van der Waals surface area (Å²) in [7, 11) is 0. The van der Waals surface area contributed by atoms with E-state index in [4.69, 9.17) is 4.52 Å². The van der Waals surface area contributed by atoms with Crippen molar-refractivity contribution < 1.29 is 4.52 Å². The van der Waals surface area contributed by atoms with Crippen LogP contribution in [0.15, 0.2) is 10.6 Å². The van der Waals surface area contributed by atoms with Crippen molar-refractivity contribution in [3.05, 3.63) is 23.1 Å². The largest absolute Gasteiger partial charge is 0.361 e. The Bertz CT molecular complexity index is 323. The normalized spacial score (nSPS) is 12.1. The summed E-state index contributed by atoms with van der Waals surface area (Å²) in [5, 5.41) is 4.05. The molecule has 0 aromatic carbocycles. The molecule has 1 aromatic heterocycles. The first kappa shape index (κ1) is 11.0. The molecule has 0 saturated carbocycles. The van der Waals surface area contributed by atoms with E-state index in [1.54, 1.807) is 0 Å². The Morgan fingerprint density at radius 1 is 1.43 bits per heavy atom. The van der Waals surface area contributed by atoms with Crippen molar-refractivity contribution in [3.63, 3.8) is 0 Å². The van der Waals surface area contributed by atoms with Crippen LogP contribution >= 0.6 is 0 Å². The third-order valence-corrected chi connectivity index (χ3v) is 2.40. The highest BCUT2D eigenvalue weighted by Gasteiger charge is 2.11. The van der Waals surface area contributed by atoms with Gasteiger partial charge in [-0.2, -0.15) is 0 Å². The molecule has 0 fully saturated rings. The third kappa shape index (κ3) is 2.25. The predicted octanol–water partition coefficient (Wildman–Crippen LogP) is 3.75. The number of hydrogen-bond donors (Lipinski definition) is 0. The predicted molar refractivity (Wildman–Crippen MR) is 59.2 cm³/mol. The minimum Gasteiger partial charge on any atom is -0.361 e. The minimum atomic E-state index is 0.935. The van der Waals surface area contributed by atoms with Gasteiger partial charge in [0, 0.05) is 5.56 Å². The number of rotatable bonds is 4. The Hall–Kier alpha value is -1.05. The van der Waals surface area contributed by atoms with Crippen molar-refractivity contribution in [2.45, 2.75) is 47.0 Å². The van der Waals surface area contributed by atoms with Gasteiger partial charge in [0.15, 0.2) is 0 Å². The van der Waals surface area contributed by atoms with E-state index in [-0.39, 0.29) is 0 Å². The van der Waals surface area contributed by atoms with Gasteiger partial charge in [0.2, 0.25) is 0 Å². The van der Waals surface area contributed by atoms with Gasteiger partial charge in [0.05, 0.1) is 5.69 Å². The summed E-state index contributed by atoms with van der Waals surface area (Å²) in [4.78, 5) is 0. The van der Waals surface area contributed by atoms with E-state index in [0.29, 0.717) is 0 Å². The molecule has 0 aliphatic heterocycles. The second-order valence-electron chi connectivity index (χ2n) is 3.59. The molecule has 78 valence electrons. The first-order valence-corrected chi connectivity index (χ1v) is 5.32. The summed E-state index contributed by atoms with van der Waals surface area (Å²) in [6.07, 6.45) is 5.51. The molecule has 1 aromatic rings. The lowest BCUT2D eigenvalue weighted by atomic mass is 10.0. The van der Waals surface area contributed by atoms with Gasteiger partial charge in [-0.3, -0.25) is 0 Å². The first-order valence-electron chi connectivity index (χ1n) is 5.32. The van der Waals surface area contributed by atoms with Crippen LogP contribution in [0.4, 0.5) is 0 Å². The van der Waals surface area contributed by atoms with Crippen molar-refractivity contribution in [1.82, 2.24) is 5.16 Å². The minimum absolute atomic E-state index is 0.935. The van der Waals surface area contributed by atoms with Crippen LogP contribution in [0.1, 0.15) is 50.6 Å². The van der Waals surface area contributed by atoms with Gasteiger partial charge in [-0.25, -0.2) is 0 Å². The van der Waals surface area contributed by atoms with Gasteiger partial charge in [0.25, 0.3) is 0 Å². The molecule has 0 radical (unpaired) electrons. The Balaban J connectivity index is 2.98. The molecule has 0 saturated heterocycles. The van der Waals surface area contributed by atoms with Gasteiger partial charge in [-0.1, -0.05) is 31.5 Å². The highest BCUT2D eigenvalue weighted by Crippen LogP contribution is 2.23. The van der Waals surface area contributed by atoms with E-state index in [1.807, 2.05) is 6.92 Å². The summed E-state index contributed by atoms with van der Waals surface area (Å²) in [5.41, 5.74) is 3.58. The lowest BCUT2D eigenvalue weighted by Gasteiger charge is -2.00. The van der Waals surface area contributed by atoms with Crippen LogP contribution in [0.25, 0.3) is 5.57 Å². The second kappa shape index (κ2) is 4.99. The van der Waals surface area contributed by atoms with Crippen LogP contribution in [0, 0.1) is 6.92 Å². The molecule has 0 N–H and O–H groups in total. The molecular weight excluding hydrogens is 174 g/mol. The SMILES string of the molecule is CCC/C=C(/C)c1c(CC)noc1C. The van der Waals surface area contributed by atoms with Crippen molar-refractivity contribution in [2.75, 3.05) is 0 Å².